The predicted molar refractivity (Wildman–Crippen MR) is 93.6 cm³/mol. The Morgan fingerprint density at radius 3 is 2.11 bits per heavy atom. The van der Waals surface area contributed by atoms with Crippen LogP contribution in [0.15, 0.2) is 36.4 Å². The van der Waals surface area contributed by atoms with E-state index in [0.29, 0.717) is 6.61 Å². The highest BCUT2D eigenvalue weighted by molar-refractivity contribution is 14.1. The molecular weight excluding hydrogens is 489 g/mol. The zero-order valence-electron chi connectivity index (χ0n) is 9.87. The molecule has 0 aromatic heterocycles. The third kappa shape index (κ3) is 4.21. The number of hydrogen-bond donors (Lipinski definition) is 1. The zero-order valence-corrected chi connectivity index (χ0v) is 14.9. The van der Waals surface area contributed by atoms with Gasteiger partial charge >= 0.3 is 0 Å². The summed E-state index contributed by atoms with van der Waals surface area (Å²) in [6, 6.07) is 11.5. The van der Waals surface area contributed by atoms with E-state index in [2.05, 4.69) is 45.2 Å². The first kappa shape index (κ1) is 15.3. The molecule has 2 nitrogen and oxygen atoms in total. The molecule has 19 heavy (non-hydrogen) atoms. The predicted octanol–water partition coefficient (Wildman–Crippen LogP) is 4.62. The molecule has 0 aliphatic carbocycles. The van der Waals surface area contributed by atoms with Gasteiger partial charge in [-0.2, -0.15) is 0 Å². The third-order valence-electron chi connectivity index (χ3n) is 2.54. The first-order valence-corrected chi connectivity index (χ1v) is 8.09. The SMILES string of the molecule is OCc1cc(I)c(OCc2ccc(Cl)cc2)c(I)c1. The number of benzene rings is 2. The fourth-order valence-corrected chi connectivity index (χ4v) is 3.91. The molecule has 0 amide bonds. The van der Waals surface area contributed by atoms with Crippen LogP contribution in [0.2, 0.25) is 5.02 Å². The van der Waals surface area contributed by atoms with Gasteiger partial charge in [-0.25, -0.2) is 0 Å². The normalized spacial score (nSPS) is 10.5. The lowest BCUT2D eigenvalue weighted by atomic mass is 10.2. The minimum Gasteiger partial charge on any atom is -0.487 e. The van der Waals surface area contributed by atoms with E-state index in [1.807, 2.05) is 36.4 Å². The van der Waals surface area contributed by atoms with E-state index in [4.69, 9.17) is 21.4 Å². The molecule has 100 valence electrons. The largest absolute Gasteiger partial charge is 0.487 e. The maximum absolute atomic E-state index is 9.15. The molecule has 0 saturated carbocycles. The Balaban J connectivity index is 2.13. The van der Waals surface area contributed by atoms with Gasteiger partial charge in [0.1, 0.15) is 12.4 Å². The summed E-state index contributed by atoms with van der Waals surface area (Å²) >= 11 is 10.3. The molecule has 1 N–H and O–H groups in total. The highest BCUT2D eigenvalue weighted by Crippen LogP contribution is 2.29. The number of ether oxygens (including phenoxy) is 1. The van der Waals surface area contributed by atoms with Crippen molar-refractivity contribution in [3.8, 4) is 5.75 Å². The molecule has 0 heterocycles. The maximum Gasteiger partial charge on any atom is 0.146 e. The number of halogens is 3. The van der Waals surface area contributed by atoms with Gasteiger partial charge in [0.15, 0.2) is 0 Å². The van der Waals surface area contributed by atoms with Gasteiger partial charge in [0, 0.05) is 5.02 Å². The van der Waals surface area contributed by atoms with Crippen LogP contribution < -0.4 is 4.74 Å². The van der Waals surface area contributed by atoms with Gasteiger partial charge in [0.05, 0.1) is 13.7 Å². The summed E-state index contributed by atoms with van der Waals surface area (Å²) in [7, 11) is 0. The van der Waals surface area contributed by atoms with Gasteiger partial charge < -0.3 is 9.84 Å². The molecule has 2 aromatic rings. The molecule has 0 spiro atoms. The van der Waals surface area contributed by atoms with Crippen LogP contribution in [-0.2, 0) is 13.2 Å². The number of aliphatic hydroxyl groups is 1. The molecule has 0 radical (unpaired) electrons. The molecule has 0 saturated heterocycles. The monoisotopic (exact) mass is 500 g/mol. The molecule has 0 unspecified atom stereocenters. The standard InChI is InChI=1S/C14H11ClI2O2/c15-11-3-1-9(2-4-11)8-19-14-12(16)5-10(7-18)6-13(14)17/h1-6,18H,7-8H2. The van der Waals surface area contributed by atoms with Crippen molar-refractivity contribution in [2.75, 3.05) is 0 Å². The van der Waals surface area contributed by atoms with E-state index < -0.39 is 0 Å². The molecule has 0 atom stereocenters. The Labute approximate surface area is 144 Å². The Morgan fingerprint density at radius 2 is 1.58 bits per heavy atom. The topological polar surface area (TPSA) is 29.5 Å². The fraction of sp³-hybridized carbons (Fsp3) is 0.143. The summed E-state index contributed by atoms with van der Waals surface area (Å²) < 4.78 is 7.86. The van der Waals surface area contributed by atoms with E-state index in [9.17, 15) is 0 Å². The molecule has 0 fully saturated rings. The summed E-state index contributed by atoms with van der Waals surface area (Å²) in [5, 5.41) is 9.87. The van der Waals surface area contributed by atoms with Gasteiger partial charge in [-0.3, -0.25) is 0 Å². The van der Waals surface area contributed by atoms with Crippen molar-refractivity contribution in [2.24, 2.45) is 0 Å². The quantitative estimate of drug-likeness (QED) is 0.621. The van der Waals surface area contributed by atoms with Crippen LogP contribution in [0.25, 0.3) is 0 Å². The van der Waals surface area contributed by atoms with Crippen molar-refractivity contribution in [2.45, 2.75) is 13.2 Å². The third-order valence-corrected chi connectivity index (χ3v) is 4.39. The molecule has 0 aliphatic heterocycles. The van der Waals surface area contributed by atoms with E-state index in [-0.39, 0.29) is 6.61 Å². The van der Waals surface area contributed by atoms with Gasteiger partial charge in [-0.1, -0.05) is 23.7 Å². The van der Waals surface area contributed by atoms with Crippen molar-refractivity contribution in [3.05, 3.63) is 59.7 Å². The average molecular weight is 501 g/mol. The lowest BCUT2D eigenvalue weighted by molar-refractivity contribution is 0.280. The van der Waals surface area contributed by atoms with Gasteiger partial charge in [-0.05, 0) is 80.6 Å². The fourth-order valence-electron chi connectivity index (χ4n) is 1.58. The van der Waals surface area contributed by atoms with Crippen molar-refractivity contribution < 1.29 is 9.84 Å². The summed E-state index contributed by atoms with van der Waals surface area (Å²) in [5.74, 6) is 0.855. The van der Waals surface area contributed by atoms with Crippen LogP contribution in [0.4, 0.5) is 0 Å². The second-order valence-corrected chi connectivity index (χ2v) is 6.72. The number of hydrogen-bond acceptors (Lipinski definition) is 2. The van der Waals surface area contributed by atoms with E-state index >= 15 is 0 Å². The van der Waals surface area contributed by atoms with Crippen LogP contribution in [-0.4, -0.2) is 5.11 Å². The number of rotatable bonds is 4. The Kier molecular flexibility index (Phi) is 5.73. The first-order chi connectivity index (χ1) is 9.10. The molecule has 5 heteroatoms. The van der Waals surface area contributed by atoms with E-state index in [1.165, 1.54) is 0 Å². The van der Waals surface area contributed by atoms with Gasteiger partial charge in [0.25, 0.3) is 0 Å². The summed E-state index contributed by atoms with van der Waals surface area (Å²) in [6.07, 6.45) is 0. The average Bonchev–Trinajstić information content (AvgIpc) is 2.39. The highest BCUT2D eigenvalue weighted by atomic mass is 127. The second-order valence-electron chi connectivity index (χ2n) is 3.96. The minimum atomic E-state index is 0.0451. The van der Waals surface area contributed by atoms with Crippen LogP contribution >= 0.6 is 56.8 Å². The van der Waals surface area contributed by atoms with Crippen molar-refractivity contribution >= 4 is 56.8 Å². The maximum atomic E-state index is 9.15. The van der Waals surface area contributed by atoms with Crippen LogP contribution in [0.3, 0.4) is 0 Å². The van der Waals surface area contributed by atoms with Gasteiger partial charge in [0.2, 0.25) is 0 Å². The molecule has 2 aromatic carbocycles. The summed E-state index contributed by atoms with van der Waals surface area (Å²) in [4.78, 5) is 0. The van der Waals surface area contributed by atoms with E-state index in [1.54, 1.807) is 0 Å². The zero-order chi connectivity index (χ0) is 13.8. The lowest BCUT2D eigenvalue weighted by Crippen LogP contribution is -2.00. The molecule has 0 bridgehead atoms. The van der Waals surface area contributed by atoms with Crippen LogP contribution in [0.5, 0.6) is 5.75 Å². The van der Waals surface area contributed by atoms with Crippen molar-refractivity contribution in [3.63, 3.8) is 0 Å². The smallest absolute Gasteiger partial charge is 0.146 e. The molecule has 0 aliphatic rings. The Bertz CT molecular complexity index is 547. The summed E-state index contributed by atoms with van der Waals surface area (Å²) in [6.45, 7) is 0.547. The molecular formula is C14H11ClI2O2. The first-order valence-electron chi connectivity index (χ1n) is 5.56. The van der Waals surface area contributed by atoms with Crippen LogP contribution in [0, 0.1) is 7.14 Å². The van der Waals surface area contributed by atoms with E-state index in [0.717, 1.165) is 29.0 Å². The summed E-state index contributed by atoms with van der Waals surface area (Å²) in [5.41, 5.74) is 1.97. The second kappa shape index (κ2) is 7.10. The van der Waals surface area contributed by atoms with Crippen LogP contribution in [0.1, 0.15) is 11.1 Å². The van der Waals surface area contributed by atoms with Crippen molar-refractivity contribution in [1.82, 2.24) is 0 Å². The highest BCUT2D eigenvalue weighted by Gasteiger charge is 2.09. The lowest BCUT2D eigenvalue weighted by Gasteiger charge is -2.12. The Morgan fingerprint density at radius 1 is 1.00 bits per heavy atom. The van der Waals surface area contributed by atoms with Crippen molar-refractivity contribution in [1.29, 1.82) is 0 Å². The molecule has 2 rings (SSSR count). The van der Waals surface area contributed by atoms with Gasteiger partial charge in [-0.15, -0.1) is 0 Å². The minimum absolute atomic E-state index is 0.0451. The Hall–Kier alpha value is -0.0500. The number of aliphatic hydroxyl groups excluding tert-OH is 1.